The number of carbonyl (C=O) groups is 4. The third-order valence-electron chi connectivity index (χ3n) is 4.03. The summed E-state index contributed by atoms with van der Waals surface area (Å²) in [7, 11) is 0. The quantitative estimate of drug-likeness (QED) is 0.505. The van der Waals surface area contributed by atoms with Crippen LogP contribution in [0.4, 0.5) is 10.5 Å². The first-order valence-electron chi connectivity index (χ1n) is 9.33. The average molecular weight is 448 g/mol. The highest BCUT2D eigenvalue weighted by Crippen LogP contribution is 2.25. The highest BCUT2D eigenvalue weighted by Gasteiger charge is 2.21. The van der Waals surface area contributed by atoms with E-state index in [1.165, 1.54) is 12.1 Å². The summed E-state index contributed by atoms with van der Waals surface area (Å²) in [6, 6.07) is 11.2. The number of rotatable bonds is 9. The van der Waals surface area contributed by atoms with Crippen LogP contribution in [0.2, 0.25) is 5.02 Å². The maximum absolute atomic E-state index is 12.2. The van der Waals surface area contributed by atoms with Crippen LogP contribution in [-0.4, -0.2) is 37.1 Å². The lowest BCUT2D eigenvalue weighted by atomic mass is 10.0. The van der Waals surface area contributed by atoms with E-state index in [9.17, 15) is 19.2 Å². The van der Waals surface area contributed by atoms with Gasteiger partial charge in [-0.25, -0.2) is 9.59 Å². The molecule has 3 amide bonds. The Balaban J connectivity index is 1.97. The standard InChI is InChI=1S/C21H22ClN3O6/c1-2-30-20(28)14-8-4-6-10-16(14)24-18(26)12-31-19(27)11-17(25-21(23)29)13-7-3-5-9-15(13)22/h3-10,17H,2,11-12H2,1H3,(H,24,26)(H3,23,25,29). The highest BCUT2D eigenvalue weighted by atomic mass is 35.5. The normalized spacial score (nSPS) is 11.2. The van der Waals surface area contributed by atoms with E-state index in [0.29, 0.717) is 10.6 Å². The molecule has 0 aliphatic heterocycles. The fourth-order valence-corrected chi connectivity index (χ4v) is 2.97. The summed E-state index contributed by atoms with van der Waals surface area (Å²) in [5.74, 6) is -2.00. The molecule has 31 heavy (non-hydrogen) atoms. The molecule has 0 radical (unpaired) electrons. The van der Waals surface area contributed by atoms with Gasteiger partial charge in [0, 0.05) is 5.02 Å². The largest absolute Gasteiger partial charge is 0.462 e. The van der Waals surface area contributed by atoms with Gasteiger partial charge in [0.15, 0.2) is 6.61 Å². The Bertz CT molecular complexity index is 966. The molecule has 0 aliphatic carbocycles. The number of ether oxygens (including phenoxy) is 2. The predicted octanol–water partition coefficient (Wildman–Crippen LogP) is 2.80. The molecule has 10 heteroatoms. The molecule has 2 rings (SSSR count). The molecule has 0 spiro atoms. The molecule has 0 saturated heterocycles. The molecule has 0 heterocycles. The van der Waals surface area contributed by atoms with Gasteiger partial charge in [0.2, 0.25) is 0 Å². The van der Waals surface area contributed by atoms with Crippen LogP contribution in [0.25, 0.3) is 0 Å². The van der Waals surface area contributed by atoms with Gasteiger partial charge in [-0.3, -0.25) is 9.59 Å². The number of anilines is 1. The third kappa shape index (κ3) is 7.31. The molecule has 9 nitrogen and oxygen atoms in total. The Morgan fingerprint density at radius 3 is 2.39 bits per heavy atom. The van der Waals surface area contributed by atoms with Crippen molar-refractivity contribution in [2.45, 2.75) is 19.4 Å². The number of nitrogens with two attached hydrogens (primary N) is 1. The molecule has 4 N–H and O–H groups in total. The summed E-state index contributed by atoms with van der Waals surface area (Å²) in [4.78, 5) is 47.7. The van der Waals surface area contributed by atoms with Gasteiger partial charge in [-0.15, -0.1) is 0 Å². The topological polar surface area (TPSA) is 137 Å². The molecule has 0 fully saturated rings. The van der Waals surface area contributed by atoms with Crippen LogP contribution >= 0.6 is 11.6 Å². The minimum absolute atomic E-state index is 0.175. The second-order valence-electron chi connectivity index (χ2n) is 6.26. The fraction of sp³-hybridized carbons (Fsp3) is 0.238. The Kier molecular flexibility index (Phi) is 8.83. The smallest absolute Gasteiger partial charge is 0.340 e. The lowest BCUT2D eigenvalue weighted by molar-refractivity contribution is -0.147. The van der Waals surface area contributed by atoms with Crippen LogP contribution in [-0.2, 0) is 19.1 Å². The lowest BCUT2D eigenvalue weighted by Crippen LogP contribution is -2.35. The maximum Gasteiger partial charge on any atom is 0.340 e. The number of benzene rings is 2. The number of urea groups is 1. The molecule has 2 aromatic carbocycles. The second-order valence-corrected chi connectivity index (χ2v) is 6.67. The van der Waals surface area contributed by atoms with Crippen molar-refractivity contribution in [1.29, 1.82) is 0 Å². The van der Waals surface area contributed by atoms with Crippen LogP contribution in [0.3, 0.4) is 0 Å². The molecule has 1 unspecified atom stereocenters. The van der Waals surface area contributed by atoms with Crippen molar-refractivity contribution in [3.8, 4) is 0 Å². The first kappa shape index (κ1) is 23.7. The summed E-state index contributed by atoms with van der Waals surface area (Å²) in [6.45, 7) is 1.26. The minimum atomic E-state index is -0.842. The molecular weight excluding hydrogens is 426 g/mol. The predicted molar refractivity (Wildman–Crippen MR) is 114 cm³/mol. The van der Waals surface area contributed by atoms with Crippen LogP contribution < -0.4 is 16.4 Å². The molecule has 0 aromatic heterocycles. The van der Waals surface area contributed by atoms with Gasteiger partial charge in [-0.2, -0.15) is 0 Å². The number of hydrogen-bond donors (Lipinski definition) is 3. The average Bonchev–Trinajstić information content (AvgIpc) is 2.72. The van der Waals surface area contributed by atoms with Gasteiger partial charge in [-0.05, 0) is 30.7 Å². The van der Waals surface area contributed by atoms with Crippen molar-refractivity contribution >= 4 is 41.2 Å². The van der Waals surface area contributed by atoms with Gasteiger partial charge >= 0.3 is 18.0 Å². The summed E-state index contributed by atoms with van der Waals surface area (Å²) < 4.78 is 9.94. The van der Waals surface area contributed by atoms with E-state index >= 15 is 0 Å². The van der Waals surface area contributed by atoms with Gasteiger partial charge in [-0.1, -0.05) is 41.9 Å². The molecular formula is C21H22ClN3O6. The molecule has 0 bridgehead atoms. The number of esters is 2. The number of halogens is 1. The summed E-state index contributed by atoms with van der Waals surface area (Å²) in [5.41, 5.74) is 6.06. The number of hydrogen-bond acceptors (Lipinski definition) is 6. The molecule has 1 atom stereocenters. The Hall–Kier alpha value is -3.59. The van der Waals surface area contributed by atoms with Gasteiger partial charge in [0.25, 0.3) is 5.91 Å². The molecule has 2 aromatic rings. The zero-order chi connectivity index (χ0) is 22.8. The summed E-state index contributed by atoms with van der Waals surface area (Å²) in [6.07, 6.45) is -0.292. The van der Waals surface area contributed by atoms with Gasteiger partial charge < -0.3 is 25.8 Å². The summed E-state index contributed by atoms with van der Waals surface area (Å²) in [5, 5.41) is 5.27. The first-order chi connectivity index (χ1) is 14.8. The van der Waals surface area contributed by atoms with Gasteiger partial charge in [0.05, 0.1) is 30.3 Å². The van der Waals surface area contributed by atoms with E-state index in [0.717, 1.165) is 0 Å². The van der Waals surface area contributed by atoms with Crippen LogP contribution in [0.1, 0.15) is 35.3 Å². The lowest BCUT2D eigenvalue weighted by Gasteiger charge is -2.18. The number of primary amides is 1. The van der Waals surface area contributed by atoms with Crippen LogP contribution in [0, 0.1) is 0 Å². The maximum atomic E-state index is 12.2. The number of para-hydroxylation sites is 1. The Morgan fingerprint density at radius 2 is 1.71 bits per heavy atom. The highest BCUT2D eigenvalue weighted by molar-refractivity contribution is 6.31. The van der Waals surface area contributed by atoms with Crippen molar-refractivity contribution < 1.29 is 28.7 Å². The van der Waals surface area contributed by atoms with Crippen molar-refractivity contribution in [3.05, 3.63) is 64.7 Å². The molecule has 164 valence electrons. The van der Waals surface area contributed by atoms with E-state index in [1.54, 1.807) is 43.3 Å². The third-order valence-corrected chi connectivity index (χ3v) is 4.37. The zero-order valence-electron chi connectivity index (χ0n) is 16.7. The second kappa shape index (κ2) is 11.6. The number of nitrogens with one attached hydrogen (secondary N) is 2. The first-order valence-corrected chi connectivity index (χ1v) is 9.71. The van der Waals surface area contributed by atoms with E-state index in [2.05, 4.69) is 10.6 Å². The van der Waals surface area contributed by atoms with Gasteiger partial charge in [0.1, 0.15) is 0 Å². The van der Waals surface area contributed by atoms with Crippen molar-refractivity contribution in [1.82, 2.24) is 5.32 Å². The van der Waals surface area contributed by atoms with E-state index in [4.69, 9.17) is 26.8 Å². The van der Waals surface area contributed by atoms with E-state index < -0.39 is 36.5 Å². The summed E-state index contributed by atoms with van der Waals surface area (Å²) >= 11 is 6.12. The Morgan fingerprint density at radius 1 is 1.03 bits per heavy atom. The number of amides is 3. The SMILES string of the molecule is CCOC(=O)c1ccccc1NC(=O)COC(=O)CC(NC(N)=O)c1ccccc1Cl. The minimum Gasteiger partial charge on any atom is -0.462 e. The monoisotopic (exact) mass is 447 g/mol. The van der Waals surface area contributed by atoms with Crippen LogP contribution in [0.15, 0.2) is 48.5 Å². The van der Waals surface area contributed by atoms with Crippen molar-refractivity contribution in [3.63, 3.8) is 0 Å². The van der Waals surface area contributed by atoms with Crippen LogP contribution in [0.5, 0.6) is 0 Å². The molecule has 0 aliphatic rings. The van der Waals surface area contributed by atoms with E-state index in [1.807, 2.05) is 0 Å². The van der Waals surface area contributed by atoms with Crippen molar-refractivity contribution in [2.75, 3.05) is 18.5 Å². The van der Waals surface area contributed by atoms with E-state index in [-0.39, 0.29) is 24.3 Å². The van der Waals surface area contributed by atoms with Crippen molar-refractivity contribution in [2.24, 2.45) is 5.73 Å². The molecule has 0 saturated carbocycles. The fourth-order valence-electron chi connectivity index (χ4n) is 2.71. The number of carbonyl (C=O) groups excluding carboxylic acids is 4. The Labute approximate surface area is 183 Å². The zero-order valence-corrected chi connectivity index (χ0v) is 17.5.